The zero-order valence-electron chi connectivity index (χ0n) is 10.2. The Morgan fingerprint density at radius 3 is 2.40 bits per heavy atom. The Hall–Kier alpha value is -0.874. The fourth-order valence-corrected chi connectivity index (χ4v) is 1.54. The van der Waals surface area contributed by atoms with Crippen molar-refractivity contribution in [2.45, 2.75) is 6.18 Å². The molecule has 0 aliphatic heterocycles. The van der Waals surface area contributed by atoms with Gasteiger partial charge in [-0.2, -0.15) is 18.3 Å². The summed E-state index contributed by atoms with van der Waals surface area (Å²) in [4.78, 5) is 10.7. The number of benzene rings is 1. The summed E-state index contributed by atoms with van der Waals surface area (Å²) in [6, 6.07) is 4.44. The van der Waals surface area contributed by atoms with E-state index in [4.69, 9.17) is 5.11 Å². The maximum Gasteiger partial charge on any atom is 0.418 e. The SMILES string of the molecule is O=C(O)c1nn(-c2ccccc2C(F)(F)F)cc1[O-].[K]. The van der Waals surface area contributed by atoms with Crippen LogP contribution in [0.15, 0.2) is 30.5 Å². The van der Waals surface area contributed by atoms with Crippen molar-refractivity contribution in [1.82, 2.24) is 9.78 Å². The number of alkyl halides is 3. The van der Waals surface area contributed by atoms with Crippen molar-refractivity contribution in [3.8, 4) is 11.4 Å². The van der Waals surface area contributed by atoms with Crippen LogP contribution < -0.4 is 5.11 Å². The Labute approximate surface area is 153 Å². The van der Waals surface area contributed by atoms with Crippen LogP contribution in [0.1, 0.15) is 16.1 Å². The molecule has 0 bridgehead atoms. The first kappa shape index (κ1) is 17.2. The van der Waals surface area contributed by atoms with Gasteiger partial charge in [-0.05, 0) is 12.1 Å². The number of nitrogens with zero attached hydrogens (tertiary/aromatic N) is 2. The Morgan fingerprint density at radius 1 is 1.30 bits per heavy atom. The van der Waals surface area contributed by atoms with Crippen molar-refractivity contribution < 1.29 is 28.2 Å². The maximum atomic E-state index is 12.8. The van der Waals surface area contributed by atoms with E-state index in [0.29, 0.717) is 10.9 Å². The molecule has 0 aliphatic carbocycles. The van der Waals surface area contributed by atoms with Gasteiger partial charge in [0.15, 0.2) is 5.69 Å². The van der Waals surface area contributed by atoms with Crippen molar-refractivity contribution in [1.29, 1.82) is 0 Å². The molecule has 0 aliphatic rings. The molecule has 1 N–H and O–H groups in total. The van der Waals surface area contributed by atoms with Gasteiger partial charge in [-0.1, -0.05) is 17.9 Å². The monoisotopic (exact) mass is 310 g/mol. The second-order valence-corrected chi connectivity index (χ2v) is 3.61. The van der Waals surface area contributed by atoms with Crippen LogP contribution >= 0.6 is 0 Å². The second-order valence-electron chi connectivity index (χ2n) is 3.61. The van der Waals surface area contributed by atoms with Crippen LogP contribution in [0.3, 0.4) is 0 Å². The van der Waals surface area contributed by atoms with E-state index in [-0.39, 0.29) is 51.4 Å². The summed E-state index contributed by atoms with van der Waals surface area (Å²) in [5, 5.41) is 23.3. The predicted molar refractivity (Wildman–Crippen MR) is 60.7 cm³/mol. The van der Waals surface area contributed by atoms with Gasteiger partial charge in [0.2, 0.25) is 0 Å². The van der Waals surface area contributed by atoms with Crippen LogP contribution in [-0.4, -0.2) is 72.2 Å². The fourth-order valence-electron chi connectivity index (χ4n) is 1.54. The molecule has 1 aromatic carbocycles. The molecule has 0 unspecified atom stereocenters. The van der Waals surface area contributed by atoms with Gasteiger partial charge >= 0.3 is 12.1 Å². The third kappa shape index (κ3) is 3.41. The number of aromatic nitrogens is 2. The minimum absolute atomic E-state index is 0. The summed E-state index contributed by atoms with van der Waals surface area (Å²) < 4.78 is 38.9. The van der Waals surface area contributed by atoms with Gasteiger partial charge in [-0.25, -0.2) is 9.48 Å². The molecule has 2 aromatic rings. The van der Waals surface area contributed by atoms with Gasteiger partial charge in [0, 0.05) is 57.6 Å². The quantitative estimate of drug-likeness (QED) is 0.848. The molecule has 0 spiro atoms. The second kappa shape index (κ2) is 6.27. The molecule has 5 nitrogen and oxygen atoms in total. The van der Waals surface area contributed by atoms with Crippen LogP contribution in [0.5, 0.6) is 5.75 Å². The molecule has 0 amide bonds. The van der Waals surface area contributed by atoms with Crippen molar-refractivity contribution in [3.63, 3.8) is 0 Å². The van der Waals surface area contributed by atoms with Gasteiger partial charge in [-0.3, -0.25) is 0 Å². The third-order valence-corrected chi connectivity index (χ3v) is 2.34. The summed E-state index contributed by atoms with van der Waals surface area (Å²) in [6.45, 7) is 0. The van der Waals surface area contributed by atoms with Crippen LogP contribution in [0.2, 0.25) is 0 Å². The number of rotatable bonds is 2. The van der Waals surface area contributed by atoms with Gasteiger partial charge < -0.3 is 10.2 Å². The maximum absolute atomic E-state index is 12.8. The number of halogens is 3. The minimum atomic E-state index is -4.63. The fraction of sp³-hybridized carbons (Fsp3) is 0.0909. The molecule has 0 atom stereocenters. The van der Waals surface area contributed by atoms with E-state index in [0.717, 1.165) is 12.1 Å². The van der Waals surface area contributed by atoms with E-state index in [2.05, 4.69) is 5.10 Å². The molecular formula is C11H6F3KN2O3-. The third-order valence-electron chi connectivity index (χ3n) is 2.34. The van der Waals surface area contributed by atoms with E-state index in [1.54, 1.807) is 0 Å². The number of carboxylic acid groups (broad SMARTS) is 1. The largest absolute Gasteiger partial charge is 0.870 e. The van der Waals surface area contributed by atoms with E-state index in [9.17, 15) is 23.1 Å². The average Bonchev–Trinajstić information content (AvgIpc) is 2.70. The topological polar surface area (TPSA) is 78.2 Å². The van der Waals surface area contributed by atoms with Crippen molar-refractivity contribution in [2.24, 2.45) is 0 Å². The first-order chi connectivity index (χ1) is 8.80. The average molecular weight is 310 g/mol. The molecule has 101 valence electrons. The smallest absolute Gasteiger partial charge is 0.418 e. The van der Waals surface area contributed by atoms with Crippen LogP contribution in [0.25, 0.3) is 5.69 Å². The molecule has 0 saturated heterocycles. The molecule has 1 aromatic heterocycles. The molecule has 0 fully saturated rings. The van der Waals surface area contributed by atoms with Gasteiger partial charge in [-0.15, -0.1) is 0 Å². The first-order valence-corrected chi connectivity index (χ1v) is 4.97. The Morgan fingerprint density at radius 2 is 1.90 bits per heavy atom. The van der Waals surface area contributed by atoms with Crippen molar-refractivity contribution in [2.75, 3.05) is 0 Å². The van der Waals surface area contributed by atoms with Crippen LogP contribution in [0, 0.1) is 0 Å². The van der Waals surface area contributed by atoms with E-state index >= 15 is 0 Å². The molecule has 0 saturated carbocycles. The Kier molecular flexibility index (Phi) is 5.38. The van der Waals surface area contributed by atoms with Crippen molar-refractivity contribution >= 4 is 57.4 Å². The number of hydrogen-bond donors (Lipinski definition) is 1. The summed E-state index contributed by atoms with van der Waals surface area (Å²) in [5.41, 5.74) is -2.23. The number of hydrogen-bond acceptors (Lipinski definition) is 3. The van der Waals surface area contributed by atoms with E-state index in [1.165, 1.54) is 12.1 Å². The molecular weight excluding hydrogens is 304 g/mol. The van der Waals surface area contributed by atoms with Gasteiger partial charge in [0.1, 0.15) is 0 Å². The van der Waals surface area contributed by atoms with Crippen molar-refractivity contribution in [3.05, 3.63) is 41.7 Å². The summed E-state index contributed by atoms with van der Waals surface area (Å²) in [7, 11) is 0. The molecule has 2 rings (SSSR count). The normalized spacial score (nSPS) is 10.9. The van der Waals surface area contributed by atoms with Crippen LogP contribution in [0.4, 0.5) is 13.2 Å². The molecule has 1 radical (unpaired) electrons. The zero-order valence-corrected chi connectivity index (χ0v) is 13.3. The molecule has 1 heterocycles. The Balaban J connectivity index is 0.00000200. The molecule has 20 heavy (non-hydrogen) atoms. The minimum Gasteiger partial charge on any atom is -0.870 e. The van der Waals surface area contributed by atoms with Crippen LogP contribution in [-0.2, 0) is 6.18 Å². The number of aromatic carboxylic acids is 1. The molecule has 9 heteroatoms. The van der Waals surface area contributed by atoms with E-state index in [1.807, 2.05) is 0 Å². The Bertz CT molecular complexity index is 640. The summed E-state index contributed by atoms with van der Waals surface area (Å²) in [5.74, 6) is -2.54. The van der Waals surface area contributed by atoms with Gasteiger partial charge in [0.25, 0.3) is 0 Å². The van der Waals surface area contributed by atoms with E-state index < -0.39 is 34.8 Å². The van der Waals surface area contributed by atoms with Gasteiger partial charge in [0.05, 0.1) is 11.3 Å². The standard InChI is InChI=1S/C11H7F3N2O3.K/c12-11(13,14)6-3-1-2-4-7(6)16-5-8(17)9(15-16)10(18)19;/h1-5,17H,(H,18,19);/p-1. The number of carbonyl (C=O) groups is 1. The number of para-hydroxylation sites is 1. The summed E-state index contributed by atoms with van der Waals surface area (Å²) >= 11 is 0. The number of carboxylic acids is 1. The summed E-state index contributed by atoms with van der Waals surface area (Å²) in [6.07, 6.45) is -3.93. The zero-order chi connectivity index (χ0) is 14.2. The first-order valence-electron chi connectivity index (χ1n) is 4.97. The predicted octanol–water partition coefficient (Wildman–Crippen LogP) is 1.28.